The number of hydrogen-bond acceptors (Lipinski definition) is 4. The van der Waals surface area contributed by atoms with Gasteiger partial charge in [-0.25, -0.2) is 4.79 Å². The van der Waals surface area contributed by atoms with E-state index in [0.717, 1.165) is 11.3 Å². The SMILES string of the molecule is CCOc1ccc(NC(=O)C(C)OC(=O)/C=C/c2ccc(Cl)cc2)cc1. The monoisotopic (exact) mass is 373 g/mol. The summed E-state index contributed by atoms with van der Waals surface area (Å²) in [6, 6.07) is 13.9. The number of halogens is 1. The van der Waals surface area contributed by atoms with Gasteiger partial charge in [0, 0.05) is 16.8 Å². The first-order chi connectivity index (χ1) is 12.5. The minimum absolute atomic E-state index is 0.414. The van der Waals surface area contributed by atoms with Crippen molar-refractivity contribution in [2.24, 2.45) is 0 Å². The van der Waals surface area contributed by atoms with Crippen LogP contribution in [0.15, 0.2) is 54.6 Å². The van der Waals surface area contributed by atoms with E-state index in [1.807, 2.05) is 6.92 Å². The number of rotatable bonds is 7. The van der Waals surface area contributed by atoms with Crippen LogP contribution in [0, 0.1) is 0 Å². The zero-order valence-corrected chi connectivity index (χ0v) is 15.3. The highest BCUT2D eigenvalue weighted by Gasteiger charge is 2.16. The summed E-state index contributed by atoms with van der Waals surface area (Å²) in [7, 11) is 0. The van der Waals surface area contributed by atoms with E-state index in [0.29, 0.717) is 17.3 Å². The molecule has 0 spiro atoms. The third-order valence-electron chi connectivity index (χ3n) is 3.38. The Kier molecular flexibility index (Phi) is 7.24. The second-order valence-corrected chi connectivity index (χ2v) is 5.85. The van der Waals surface area contributed by atoms with Gasteiger partial charge in [-0.1, -0.05) is 23.7 Å². The number of anilines is 1. The number of amides is 1. The van der Waals surface area contributed by atoms with Crippen molar-refractivity contribution >= 4 is 35.2 Å². The van der Waals surface area contributed by atoms with Gasteiger partial charge in [0.05, 0.1) is 6.61 Å². The molecule has 2 aromatic rings. The first-order valence-corrected chi connectivity index (χ1v) is 8.53. The summed E-state index contributed by atoms with van der Waals surface area (Å²) in [6.45, 7) is 3.98. The number of nitrogens with one attached hydrogen (secondary N) is 1. The van der Waals surface area contributed by atoms with Crippen molar-refractivity contribution in [3.8, 4) is 5.75 Å². The molecule has 136 valence electrons. The molecule has 0 heterocycles. The summed E-state index contributed by atoms with van der Waals surface area (Å²) in [5.74, 6) is -0.297. The molecule has 1 unspecified atom stereocenters. The van der Waals surface area contributed by atoms with Gasteiger partial charge in [-0.05, 0) is 61.9 Å². The number of esters is 1. The highest BCUT2D eigenvalue weighted by Crippen LogP contribution is 2.16. The van der Waals surface area contributed by atoms with Crippen LogP contribution in [0.5, 0.6) is 5.75 Å². The van der Waals surface area contributed by atoms with Crippen LogP contribution in [-0.2, 0) is 14.3 Å². The van der Waals surface area contributed by atoms with Crippen LogP contribution in [0.3, 0.4) is 0 Å². The molecule has 1 N–H and O–H groups in total. The summed E-state index contributed by atoms with van der Waals surface area (Å²) in [5, 5.41) is 3.30. The molecule has 6 heteroatoms. The van der Waals surface area contributed by atoms with E-state index < -0.39 is 18.0 Å². The Balaban J connectivity index is 1.85. The Labute approximate surface area is 157 Å². The van der Waals surface area contributed by atoms with Gasteiger partial charge in [-0.15, -0.1) is 0 Å². The molecule has 5 nitrogen and oxygen atoms in total. The van der Waals surface area contributed by atoms with Gasteiger partial charge in [0.15, 0.2) is 6.10 Å². The van der Waals surface area contributed by atoms with Crippen molar-refractivity contribution in [2.45, 2.75) is 20.0 Å². The average molecular weight is 374 g/mol. The molecule has 2 rings (SSSR count). The zero-order valence-electron chi connectivity index (χ0n) is 14.6. The number of benzene rings is 2. The van der Waals surface area contributed by atoms with E-state index >= 15 is 0 Å². The molecule has 0 aliphatic rings. The molecule has 0 radical (unpaired) electrons. The molecule has 1 amide bonds. The van der Waals surface area contributed by atoms with E-state index in [2.05, 4.69) is 5.32 Å². The van der Waals surface area contributed by atoms with Crippen molar-refractivity contribution in [3.63, 3.8) is 0 Å². The van der Waals surface area contributed by atoms with E-state index in [4.69, 9.17) is 21.1 Å². The largest absolute Gasteiger partial charge is 0.494 e. The summed E-state index contributed by atoms with van der Waals surface area (Å²) in [4.78, 5) is 23.9. The fraction of sp³-hybridized carbons (Fsp3) is 0.200. The lowest BCUT2D eigenvalue weighted by Crippen LogP contribution is -2.29. The minimum atomic E-state index is -0.927. The van der Waals surface area contributed by atoms with Crippen molar-refractivity contribution in [3.05, 3.63) is 65.2 Å². The lowest BCUT2D eigenvalue weighted by atomic mass is 10.2. The standard InChI is InChI=1S/C20H20ClNO4/c1-3-25-18-11-9-17(10-12-18)22-20(24)14(2)26-19(23)13-6-15-4-7-16(21)8-5-15/h4-14H,3H2,1-2H3,(H,22,24)/b13-6+. The van der Waals surface area contributed by atoms with Gasteiger partial charge in [0.1, 0.15) is 5.75 Å². The fourth-order valence-electron chi connectivity index (χ4n) is 2.05. The second-order valence-electron chi connectivity index (χ2n) is 5.41. The van der Waals surface area contributed by atoms with Crippen LogP contribution in [0.2, 0.25) is 5.02 Å². The van der Waals surface area contributed by atoms with E-state index in [1.54, 1.807) is 54.6 Å². The van der Waals surface area contributed by atoms with Crippen LogP contribution in [0.4, 0.5) is 5.69 Å². The summed E-state index contributed by atoms with van der Waals surface area (Å²) < 4.78 is 10.4. The summed E-state index contributed by atoms with van der Waals surface area (Å²) >= 11 is 5.80. The molecule has 0 aromatic heterocycles. The lowest BCUT2D eigenvalue weighted by Gasteiger charge is -2.12. The van der Waals surface area contributed by atoms with Gasteiger partial charge in [0.2, 0.25) is 0 Å². The molecular weight excluding hydrogens is 354 g/mol. The van der Waals surface area contributed by atoms with Crippen molar-refractivity contribution in [1.82, 2.24) is 0 Å². The topological polar surface area (TPSA) is 64.6 Å². The molecule has 0 saturated carbocycles. The molecule has 0 fully saturated rings. The van der Waals surface area contributed by atoms with Gasteiger partial charge in [0.25, 0.3) is 5.91 Å². The first kappa shape index (κ1) is 19.5. The van der Waals surface area contributed by atoms with Crippen LogP contribution in [0.1, 0.15) is 19.4 Å². The third-order valence-corrected chi connectivity index (χ3v) is 3.63. The molecule has 0 aliphatic heterocycles. The Morgan fingerprint density at radius 3 is 2.38 bits per heavy atom. The van der Waals surface area contributed by atoms with E-state index in [1.165, 1.54) is 13.0 Å². The summed E-state index contributed by atoms with van der Waals surface area (Å²) in [6.07, 6.45) is 1.93. The maximum Gasteiger partial charge on any atom is 0.331 e. The number of ether oxygens (including phenoxy) is 2. The Hall–Kier alpha value is -2.79. The Morgan fingerprint density at radius 2 is 1.77 bits per heavy atom. The van der Waals surface area contributed by atoms with Gasteiger partial charge in [-0.3, -0.25) is 4.79 Å². The molecule has 2 aromatic carbocycles. The molecule has 0 saturated heterocycles. The fourth-order valence-corrected chi connectivity index (χ4v) is 2.18. The molecule has 0 aliphatic carbocycles. The second kappa shape index (κ2) is 9.63. The van der Waals surface area contributed by atoms with E-state index in [-0.39, 0.29) is 0 Å². The highest BCUT2D eigenvalue weighted by molar-refractivity contribution is 6.30. The van der Waals surface area contributed by atoms with Crippen molar-refractivity contribution < 1.29 is 19.1 Å². The quantitative estimate of drug-likeness (QED) is 0.579. The normalized spacial score (nSPS) is 11.8. The maximum atomic E-state index is 12.1. The van der Waals surface area contributed by atoms with Crippen molar-refractivity contribution in [1.29, 1.82) is 0 Å². The van der Waals surface area contributed by atoms with Gasteiger partial charge < -0.3 is 14.8 Å². The van der Waals surface area contributed by atoms with Gasteiger partial charge in [-0.2, -0.15) is 0 Å². The van der Waals surface area contributed by atoms with Gasteiger partial charge >= 0.3 is 5.97 Å². The predicted molar refractivity (Wildman–Crippen MR) is 102 cm³/mol. The lowest BCUT2D eigenvalue weighted by molar-refractivity contribution is -0.148. The molecular formula is C20H20ClNO4. The first-order valence-electron chi connectivity index (χ1n) is 8.16. The zero-order chi connectivity index (χ0) is 18.9. The smallest absolute Gasteiger partial charge is 0.331 e. The average Bonchev–Trinajstić information content (AvgIpc) is 2.63. The molecule has 26 heavy (non-hydrogen) atoms. The molecule has 1 atom stereocenters. The Morgan fingerprint density at radius 1 is 1.12 bits per heavy atom. The third kappa shape index (κ3) is 6.26. The van der Waals surface area contributed by atoms with Crippen molar-refractivity contribution in [2.75, 3.05) is 11.9 Å². The minimum Gasteiger partial charge on any atom is -0.494 e. The van der Waals surface area contributed by atoms with Crippen LogP contribution in [0.25, 0.3) is 6.08 Å². The van der Waals surface area contributed by atoms with Crippen LogP contribution in [-0.4, -0.2) is 24.6 Å². The van der Waals surface area contributed by atoms with Crippen LogP contribution >= 0.6 is 11.6 Å². The maximum absolute atomic E-state index is 12.1. The van der Waals surface area contributed by atoms with E-state index in [9.17, 15) is 9.59 Å². The molecule has 0 bridgehead atoms. The highest BCUT2D eigenvalue weighted by atomic mass is 35.5. The van der Waals surface area contributed by atoms with Crippen LogP contribution < -0.4 is 10.1 Å². The number of hydrogen-bond donors (Lipinski definition) is 1. The summed E-state index contributed by atoms with van der Waals surface area (Å²) in [5.41, 5.74) is 1.40. The number of carbonyl (C=O) groups is 2. The predicted octanol–water partition coefficient (Wildman–Crippen LogP) is 4.32. The Bertz CT molecular complexity index is 769. The number of carbonyl (C=O) groups excluding carboxylic acids is 2.